The maximum Gasteiger partial charge on any atom is 0.160 e. The molecule has 1 aliphatic rings. The first kappa shape index (κ1) is 32.4. The van der Waals surface area contributed by atoms with Crippen molar-refractivity contribution in [3.63, 3.8) is 0 Å². The second-order valence-corrected chi connectivity index (χ2v) is 13.8. The molecule has 0 amide bonds. The van der Waals surface area contributed by atoms with E-state index < -0.39 is 0 Å². The Morgan fingerprint density at radius 1 is 0.400 bits per heavy atom. The largest absolute Gasteiger partial charge is 0.456 e. The number of hydrogen-bond acceptors (Lipinski definition) is 4. The third-order valence-corrected chi connectivity index (χ3v) is 10.3. The van der Waals surface area contributed by atoms with Gasteiger partial charge in [-0.3, -0.25) is 0 Å². The van der Waals surface area contributed by atoms with Gasteiger partial charge in [-0.05, 0) is 86.5 Å². The Balaban J connectivity index is 1.01. The predicted octanol–water partition coefficient (Wildman–Crippen LogP) is 12.7. The van der Waals surface area contributed by atoms with E-state index >= 15 is 0 Å². The van der Waals surface area contributed by atoms with E-state index in [0.717, 1.165) is 61.2 Å². The minimum absolute atomic E-state index is 0.315. The van der Waals surface area contributed by atoms with Gasteiger partial charge in [-0.25, -0.2) is 9.98 Å². The van der Waals surface area contributed by atoms with Crippen molar-refractivity contribution in [3.8, 4) is 44.5 Å². The average Bonchev–Trinajstić information content (AvgIpc) is 3.66. The molecule has 1 aliphatic heterocycles. The molecule has 4 heteroatoms. The Hall–Kier alpha value is -7.30. The summed E-state index contributed by atoms with van der Waals surface area (Å²) in [6.07, 6.45) is -0.315. The summed E-state index contributed by atoms with van der Waals surface area (Å²) in [6, 6.07) is 70.1. The summed E-state index contributed by atoms with van der Waals surface area (Å²) < 4.78 is 6.24. The van der Waals surface area contributed by atoms with Gasteiger partial charge in [-0.2, -0.15) is 0 Å². The van der Waals surface area contributed by atoms with E-state index in [9.17, 15) is 0 Å². The number of fused-ring (bicyclic) bond motifs is 3. The number of amidine groups is 2. The normalized spacial score (nSPS) is 14.0. The van der Waals surface area contributed by atoms with Crippen molar-refractivity contribution in [2.24, 2.45) is 9.98 Å². The Morgan fingerprint density at radius 2 is 0.855 bits per heavy atom. The lowest BCUT2D eigenvalue weighted by atomic mass is 9.94. The fourth-order valence-corrected chi connectivity index (χ4v) is 7.59. The molecule has 8 aromatic carbocycles. The number of para-hydroxylation sites is 1. The van der Waals surface area contributed by atoms with E-state index in [2.05, 4.69) is 157 Å². The Kier molecular flexibility index (Phi) is 8.19. The Bertz CT molecular complexity index is 2910. The summed E-state index contributed by atoms with van der Waals surface area (Å²) in [4.78, 5) is 10.4. The fourth-order valence-electron chi connectivity index (χ4n) is 7.59. The molecule has 1 unspecified atom stereocenters. The Morgan fingerprint density at radius 3 is 1.47 bits per heavy atom. The first-order valence-electron chi connectivity index (χ1n) is 18.6. The molecule has 260 valence electrons. The summed E-state index contributed by atoms with van der Waals surface area (Å²) in [5, 5.41) is 5.73. The molecule has 10 rings (SSSR count). The highest BCUT2D eigenvalue weighted by Crippen LogP contribution is 2.35. The van der Waals surface area contributed by atoms with Gasteiger partial charge >= 0.3 is 0 Å². The molecule has 55 heavy (non-hydrogen) atoms. The van der Waals surface area contributed by atoms with Crippen LogP contribution < -0.4 is 5.32 Å². The molecule has 1 aromatic heterocycles. The van der Waals surface area contributed by atoms with Crippen LogP contribution in [0.5, 0.6) is 0 Å². The summed E-state index contributed by atoms with van der Waals surface area (Å²) >= 11 is 0. The van der Waals surface area contributed by atoms with Crippen molar-refractivity contribution in [2.45, 2.75) is 6.17 Å². The molecule has 1 atom stereocenters. The maximum atomic E-state index is 6.24. The van der Waals surface area contributed by atoms with Gasteiger partial charge in [0.1, 0.15) is 23.2 Å². The molecule has 1 N–H and O–H groups in total. The summed E-state index contributed by atoms with van der Waals surface area (Å²) in [5.74, 6) is 1.44. The minimum atomic E-state index is -0.315. The number of nitrogens with zero attached hydrogens (tertiary/aromatic N) is 2. The van der Waals surface area contributed by atoms with E-state index in [-0.39, 0.29) is 6.17 Å². The topological polar surface area (TPSA) is 49.9 Å². The quantitative estimate of drug-likeness (QED) is 0.179. The van der Waals surface area contributed by atoms with Gasteiger partial charge < -0.3 is 9.73 Å². The molecule has 9 aromatic rings. The minimum Gasteiger partial charge on any atom is -0.456 e. The van der Waals surface area contributed by atoms with Crippen molar-refractivity contribution in [2.75, 3.05) is 0 Å². The molecule has 0 fully saturated rings. The van der Waals surface area contributed by atoms with Crippen molar-refractivity contribution in [1.29, 1.82) is 0 Å². The Labute approximate surface area is 319 Å². The summed E-state index contributed by atoms with van der Waals surface area (Å²) in [7, 11) is 0. The third kappa shape index (κ3) is 6.30. The molecule has 0 saturated heterocycles. The van der Waals surface area contributed by atoms with Gasteiger partial charge in [0.25, 0.3) is 0 Å². The average molecular weight is 706 g/mol. The summed E-state index contributed by atoms with van der Waals surface area (Å²) in [6.45, 7) is 0. The van der Waals surface area contributed by atoms with Crippen LogP contribution in [0.1, 0.15) is 22.9 Å². The number of furan rings is 1. The van der Waals surface area contributed by atoms with Crippen LogP contribution in [0, 0.1) is 0 Å². The van der Waals surface area contributed by atoms with E-state index in [1.165, 1.54) is 27.8 Å². The fraction of sp³-hybridized carbons (Fsp3) is 0.0196. The molecule has 0 aliphatic carbocycles. The second kappa shape index (κ2) is 13.9. The molecular weight excluding hydrogens is 671 g/mol. The van der Waals surface area contributed by atoms with Crippen LogP contribution in [-0.4, -0.2) is 11.7 Å². The van der Waals surface area contributed by atoms with E-state index in [1.54, 1.807) is 0 Å². The van der Waals surface area contributed by atoms with Crippen LogP contribution in [0.3, 0.4) is 0 Å². The highest BCUT2D eigenvalue weighted by Gasteiger charge is 2.23. The van der Waals surface area contributed by atoms with Crippen molar-refractivity contribution in [1.82, 2.24) is 5.32 Å². The van der Waals surface area contributed by atoms with Crippen LogP contribution in [0.2, 0.25) is 0 Å². The molecular formula is C51H35N3O. The zero-order valence-corrected chi connectivity index (χ0v) is 29.9. The zero-order valence-electron chi connectivity index (χ0n) is 29.9. The van der Waals surface area contributed by atoms with Crippen LogP contribution in [0.4, 0.5) is 0 Å². The number of hydrogen-bond donors (Lipinski definition) is 1. The van der Waals surface area contributed by atoms with Crippen molar-refractivity contribution < 1.29 is 4.42 Å². The molecule has 0 saturated carbocycles. The number of nitrogens with one attached hydrogen (secondary N) is 1. The molecule has 0 spiro atoms. The lowest BCUT2D eigenvalue weighted by Crippen LogP contribution is -2.33. The first-order chi connectivity index (χ1) is 27.2. The van der Waals surface area contributed by atoms with Gasteiger partial charge in [0, 0.05) is 21.9 Å². The maximum absolute atomic E-state index is 6.24. The van der Waals surface area contributed by atoms with Crippen LogP contribution in [-0.2, 0) is 0 Å². The molecule has 0 radical (unpaired) electrons. The van der Waals surface area contributed by atoms with Gasteiger partial charge in [-0.1, -0.05) is 164 Å². The number of benzene rings is 8. The lowest BCUT2D eigenvalue weighted by molar-refractivity contribution is 0.668. The monoisotopic (exact) mass is 705 g/mol. The van der Waals surface area contributed by atoms with Crippen LogP contribution in [0.25, 0.3) is 66.4 Å². The van der Waals surface area contributed by atoms with Crippen molar-refractivity contribution in [3.05, 3.63) is 217 Å². The lowest BCUT2D eigenvalue weighted by Gasteiger charge is -2.24. The highest BCUT2D eigenvalue weighted by atomic mass is 16.3. The number of aliphatic imine (C=N–C) groups is 2. The van der Waals surface area contributed by atoms with E-state index in [0.29, 0.717) is 5.84 Å². The molecule has 0 bridgehead atoms. The molecule has 2 heterocycles. The van der Waals surface area contributed by atoms with Crippen LogP contribution >= 0.6 is 0 Å². The van der Waals surface area contributed by atoms with Gasteiger partial charge in [-0.15, -0.1) is 0 Å². The second-order valence-electron chi connectivity index (χ2n) is 13.8. The highest BCUT2D eigenvalue weighted by molar-refractivity contribution is 6.22. The summed E-state index contributed by atoms with van der Waals surface area (Å²) in [5.41, 5.74) is 14.1. The SMILES string of the molecule is c1ccc(-c2cccc(-c3cccc(-c4cccc(-c5cccc(C6=NC(c7cccc8oc9ccccc9c78)=NC(c7ccccc7)N6)c5)c4)c3)c2)cc1. The van der Waals surface area contributed by atoms with E-state index in [1.807, 2.05) is 48.5 Å². The van der Waals surface area contributed by atoms with Crippen LogP contribution in [0.15, 0.2) is 215 Å². The van der Waals surface area contributed by atoms with Gasteiger partial charge in [0.2, 0.25) is 0 Å². The first-order valence-corrected chi connectivity index (χ1v) is 18.6. The smallest absolute Gasteiger partial charge is 0.160 e. The predicted molar refractivity (Wildman–Crippen MR) is 227 cm³/mol. The van der Waals surface area contributed by atoms with Crippen molar-refractivity contribution >= 4 is 33.6 Å². The third-order valence-electron chi connectivity index (χ3n) is 10.3. The number of rotatable bonds is 7. The molecule has 4 nitrogen and oxygen atoms in total. The van der Waals surface area contributed by atoms with E-state index in [4.69, 9.17) is 14.4 Å². The standard InChI is InChI=1S/C51H35N3O/c1-3-14-34(15-4-1)36-18-9-19-37(30-36)38-20-10-21-39(31-38)40-22-11-23-41(32-40)42-24-12-25-43(33-42)50-52-49(35-16-5-2-6-17-35)53-51(54-50)45-27-13-29-47-48(45)44-26-7-8-28-46(44)55-47/h1-33,49H,(H,52,53,54). The van der Waals surface area contributed by atoms with Gasteiger partial charge in [0.15, 0.2) is 5.84 Å². The van der Waals surface area contributed by atoms with Gasteiger partial charge in [0.05, 0.1) is 0 Å². The zero-order chi connectivity index (χ0) is 36.6.